The van der Waals surface area contributed by atoms with E-state index in [2.05, 4.69) is 12.2 Å². The first-order valence-corrected chi connectivity index (χ1v) is 7.81. The molecule has 0 radical (unpaired) electrons. The molecule has 0 spiro atoms. The van der Waals surface area contributed by atoms with E-state index in [1.165, 1.54) is 0 Å². The molecule has 0 aliphatic carbocycles. The average molecular weight is 329 g/mol. The summed E-state index contributed by atoms with van der Waals surface area (Å²) in [6.07, 6.45) is 0.892. The number of likely N-dealkylation sites (tertiary alicyclic amines) is 1. The van der Waals surface area contributed by atoms with Crippen molar-refractivity contribution in [3.63, 3.8) is 0 Å². The van der Waals surface area contributed by atoms with Crippen molar-refractivity contribution in [1.29, 1.82) is 0 Å². The number of benzene rings is 1. The van der Waals surface area contributed by atoms with E-state index in [-0.39, 0.29) is 24.5 Å². The molecule has 1 fully saturated rings. The summed E-state index contributed by atoms with van der Waals surface area (Å²) in [4.78, 5) is 14.1. The van der Waals surface area contributed by atoms with Gasteiger partial charge in [-0.3, -0.25) is 4.79 Å². The number of anilines is 1. The van der Waals surface area contributed by atoms with Crippen LogP contribution in [0.1, 0.15) is 24.8 Å². The molecule has 4 nitrogen and oxygen atoms in total. The molecule has 21 heavy (non-hydrogen) atoms. The maximum atomic E-state index is 12.2. The molecule has 2 aliphatic heterocycles. The van der Waals surface area contributed by atoms with Gasteiger partial charge in [-0.15, -0.1) is 0 Å². The molecule has 3 atom stereocenters. The van der Waals surface area contributed by atoms with Crippen LogP contribution in [0.5, 0.6) is 0 Å². The first kappa shape index (κ1) is 14.9. The minimum absolute atomic E-state index is 0.0389. The van der Waals surface area contributed by atoms with Gasteiger partial charge in [0.15, 0.2) is 0 Å². The molecular formula is C15H18Cl2N2O2. The number of carbonyl (C=O) groups excluding carboxylic acids is 1. The Balaban J connectivity index is 1.88. The highest BCUT2D eigenvalue weighted by atomic mass is 35.5. The van der Waals surface area contributed by atoms with Crippen LogP contribution in [0.25, 0.3) is 0 Å². The maximum Gasteiger partial charge on any atom is 0.248 e. The predicted molar refractivity (Wildman–Crippen MR) is 84.3 cm³/mol. The fourth-order valence-electron chi connectivity index (χ4n) is 3.41. The highest BCUT2D eigenvalue weighted by Crippen LogP contribution is 2.46. The van der Waals surface area contributed by atoms with Gasteiger partial charge in [-0.1, -0.05) is 29.3 Å². The van der Waals surface area contributed by atoms with Gasteiger partial charge in [0.1, 0.15) is 6.61 Å². The van der Waals surface area contributed by atoms with E-state index < -0.39 is 0 Å². The fourth-order valence-corrected chi connectivity index (χ4v) is 3.80. The normalized spacial score (nSPS) is 27.0. The van der Waals surface area contributed by atoms with Crippen molar-refractivity contribution in [3.8, 4) is 0 Å². The van der Waals surface area contributed by atoms with Crippen LogP contribution in [-0.2, 0) is 9.53 Å². The molecule has 1 aromatic carbocycles. The third-order valence-corrected chi connectivity index (χ3v) is 5.25. The smallest absolute Gasteiger partial charge is 0.248 e. The minimum Gasteiger partial charge on any atom is -0.380 e. The number of piperidine rings is 1. The van der Waals surface area contributed by atoms with Gasteiger partial charge in [-0.2, -0.15) is 0 Å². The van der Waals surface area contributed by atoms with Crippen LogP contribution in [0.2, 0.25) is 10.0 Å². The van der Waals surface area contributed by atoms with Crippen molar-refractivity contribution < 1.29 is 9.53 Å². The monoisotopic (exact) mass is 328 g/mol. The Morgan fingerprint density at radius 2 is 2.24 bits per heavy atom. The van der Waals surface area contributed by atoms with E-state index in [4.69, 9.17) is 27.9 Å². The summed E-state index contributed by atoms with van der Waals surface area (Å²) in [6.45, 7) is 2.89. The third-order valence-electron chi connectivity index (χ3n) is 4.45. The molecular weight excluding hydrogens is 311 g/mol. The Labute approximate surface area is 134 Å². The number of hydrogen-bond donors (Lipinski definition) is 1. The third kappa shape index (κ3) is 2.50. The Morgan fingerprint density at radius 3 is 2.95 bits per heavy atom. The highest BCUT2D eigenvalue weighted by Gasteiger charge is 2.42. The van der Waals surface area contributed by atoms with E-state index in [0.29, 0.717) is 22.6 Å². The number of methoxy groups -OCH3 is 1. The summed E-state index contributed by atoms with van der Waals surface area (Å²) < 4.78 is 4.98. The molecule has 2 aliphatic rings. The molecule has 0 saturated carbocycles. The van der Waals surface area contributed by atoms with E-state index in [1.807, 2.05) is 17.0 Å². The Kier molecular flexibility index (Phi) is 4.04. The zero-order valence-electron chi connectivity index (χ0n) is 12.0. The number of ether oxygens (including phenoxy) is 1. The lowest BCUT2D eigenvalue weighted by Gasteiger charge is -2.40. The summed E-state index contributed by atoms with van der Waals surface area (Å²) in [5.74, 6) is 0.295. The molecule has 2 unspecified atom stereocenters. The van der Waals surface area contributed by atoms with Crippen LogP contribution in [0.4, 0.5) is 5.69 Å². The lowest BCUT2D eigenvalue weighted by molar-refractivity contribution is -0.138. The first-order chi connectivity index (χ1) is 10.0. The van der Waals surface area contributed by atoms with Gasteiger partial charge >= 0.3 is 0 Å². The Bertz CT molecular complexity index is 579. The van der Waals surface area contributed by atoms with Gasteiger partial charge in [-0.25, -0.2) is 0 Å². The van der Waals surface area contributed by atoms with Gasteiger partial charge in [0, 0.05) is 31.7 Å². The van der Waals surface area contributed by atoms with Crippen LogP contribution in [-0.4, -0.2) is 43.2 Å². The van der Waals surface area contributed by atoms with Crippen LogP contribution in [0, 0.1) is 0 Å². The standard InChI is InChI=1S/C15H18Cl2N2O2/c1-8-5-12-10(6-19(8)13(20)7-21-2)9-3-4-11(16)14(17)15(9)18-12/h3-4,8,10,12,18H,5-7H2,1-2H3/t8-,10?,12?/m0/s1. The topological polar surface area (TPSA) is 41.6 Å². The van der Waals surface area contributed by atoms with Gasteiger partial charge in [-0.05, 0) is 25.0 Å². The number of nitrogens with zero attached hydrogens (tertiary/aromatic N) is 1. The molecule has 6 heteroatoms. The van der Waals surface area contributed by atoms with E-state index >= 15 is 0 Å². The van der Waals surface area contributed by atoms with Gasteiger partial charge < -0.3 is 15.0 Å². The summed E-state index contributed by atoms with van der Waals surface area (Å²) in [6, 6.07) is 4.32. The van der Waals surface area contributed by atoms with Crippen molar-refractivity contribution in [2.45, 2.75) is 31.3 Å². The average Bonchev–Trinajstić information content (AvgIpc) is 2.80. The molecule has 1 saturated heterocycles. The molecule has 0 bridgehead atoms. The van der Waals surface area contributed by atoms with Crippen molar-refractivity contribution in [1.82, 2.24) is 4.90 Å². The van der Waals surface area contributed by atoms with Gasteiger partial charge in [0.05, 0.1) is 15.7 Å². The van der Waals surface area contributed by atoms with Crippen LogP contribution >= 0.6 is 23.2 Å². The molecule has 1 aromatic rings. The zero-order valence-corrected chi connectivity index (χ0v) is 13.5. The van der Waals surface area contributed by atoms with Crippen LogP contribution in [0.3, 0.4) is 0 Å². The van der Waals surface area contributed by atoms with E-state index in [1.54, 1.807) is 7.11 Å². The lowest BCUT2D eigenvalue weighted by atomic mass is 9.86. The number of nitrogens with one attached hydrogen (secondary N) is 1. The molecule has 114 valence electrons. The summed E-state index contributed by atoms with van der Waals surface area (Å²) in [7, 11) is 1.55. The predicted octanol–water partition coefficient (Wildman–Crippen LogP) is 3.14. The first-order valence-electron chi connectivity index (χ1n) is 7.05. The molecule has 3 rings (SSSR count). The Morgan fingerprint density at radius 1 is 1.48 bits per heavy atom. The number of fused-ring (bicyclic) bond motifs is 3. The SMILES string of the molecule is COCC(=O)N1CC2c3ccc(Cl)c(Cl)c3NC2C[C@@H]1C. The Hall–Kier alpha value is -0.970. The van der Waals surface area contributed by atoms with Crippen molar-refractivity contribution in [2.24, 2.45) is 0 Å². The minimum atomic E-state index is 0.0389. The zero-order chi connectivity index (χ0) is 15.1. The summed E-state index contributed by atoms with van der Waals surface area (Å²) >= 11 is 12.4. The number of halogens is 2. The van der Waals surface area contributed by atoms with E-state index in [9.17, 15) is 4.79 Å². The molecule has 1 amide bonds. The lowest BCUT2D eigenvalue weighted by Crippen LogP contribution is -2.51. The second-order valence-corrected chi connectivity index (χ2v) is 6.53. The van der Waals surface area contributed by atoms with Gasteiger partial charge in [0.25, 0.3) is 0 Å². The number of rotatable bonds is 2. The van der Waals surface area contributed by atoms with Crippen molar-refractivity contribution in [2.75, 3.05) is 25.6 Å². The molecule has 0 aromatic heterocycles. The van der Waals surface area contributed by atoms with Gasteiger partial charge in [0.2, 0.25) is 5.91 Å². The quantitative estimate of drug-likeness (QED) is 0.906. The van der Waals surface area contributed by atoms with Crippen molar-refractivity contribution in [3.05, 3.63) is 27.7 Å². The fraction of sp³-hybridized carbons (Fsp3) is 0.533. The van der Waals surface area contributed by atoms with Crippen molar-refractivity contribution >= 4 is 34.8 Å². The second-order valence-electron chi connectivity index (χ2n) is 5.75. The maximum absolute atomic E-state index is 12.2. The molecule has 2 heterocycles. The summed E-state index contributed by atoms with van der Waals surface area (Å²) in [5.41, 5.74) is 2.07. The highest BCUT2D eigenvalue weighted by molar-refractivity contribution is 6.43. The number of carbonyl (C=O) groups is 1. The van der Waals surface area contributed by atoms with Crippen LogP contribution < -0.4 is 5.32 Å². The largest absolute Gasteiger partial charge is 0.380 e. The number of amides is 1. The van der Waals surface area contributed by atoms with E-state index in [0.717, 1.165) is 17.7 Å². The summed E-state index contributed by atoms with van der Waals surface area (Å²) in [5, 5.41) is 4.61. The second kappa shape index (κ2) is 5.67. The number of hydrogen-bond acceptors (Lipinski definition) is 3. The molecule has 1 N–H and O–H groups in total. The van der Waals surface area contributed by atoms with Crippen LogP contribution in [0.15, 0.2) is 12.1 Å².